The van der Waals surface area contributed by atoms with Crippen molar-refractivity contribution in [3.63, 3.8) is 0 Å². The van der Waals surface area contributed by atoms with Crippen LogP contribution in [0.15, 0.2) is 29.2 Å². The highest BCUT2D eigenvalue weighted by Crippen LogP contribution is 2.28. The molecule has 3 N–H and O–H groups in total. The molecule has 38 heavy (non-hydrogen) atoms. The Morgan fingerprint density at radius 2 is 2.03 bits per heavy atom. The van der Waals surface area contributed by atoms with Crippen molar-refractivity contribution in [3.8, 4) is 11.3 Å². The predicted octanol–water partition coefficient (Wildman–Crippen LogP) is 3.32. The largest absolute Gasteiger partial charge is 0.389 e. The molecule has 5 rings (SSSR count). The summed E-state index contributed by atoms with van der Waals surface area (Å²) < 4.78 is 28.1. The van der Waals surface area contributed by atoms with Gasteiger partial charge in [-0.25, -0.2) is 14.4 Å². The Bertz CT molecular complexity index is 1360. The molecule has 2 aliphatic rings. The SMILES string of the molecule is Cc1c(CN[C@H]2CCCOC2)n(C(C)C)c2cc(-c3nc(N[C@@H]4CCOC[C@H]4O)ncc3F)ccc2c1=O. The van der Waals surface area contributed by atoms with Crippen LogP contribution < -0.4 is 16.1 Å². The van der Waals surface area contributed by atoms with Crippen LogP contribution in [0.25, 0.3) is 22.2 Å². The third-order valence-electron chi connectivity index (χ3n) is 7.46. The lowest BCUT2D eigenvalue weighted by atomic mass is 10.0. The molecule has 0 unspecified atom stereocenters. The number of nitrogens with one attached hydrogen (secondary N) is 2. The summed E-state index contributed by atoms with van der Waals surface area (Å²) in [6.45, 7) is 8.77. The molecule has 2 aliphatic heterocycles. The van der Waals surface area contributed by atoms with Crippen molar-refractivity contribution in [1.29, 1.82) is 0 Å². The van der Waals surface area contributed by atoms with Gasteiger partial charge < -0.3 is 29.8 Å². The van der Waals surface area contributed by atoms with E-state index in [0.717, 1.165) is 36.9 Å². The summed E-state index contributed by atoms with van der Waals surface area (Å²) in [6.07, 6.45) is 3.09. The zero-order valence-corrected chi connectivity index (χ0v) is 22.2. The maximum Gasteiger partial charge on any atom is 0.223 e. The molecule has 0 aliphatic carbocycles. The minimum Gasteiger partial charge on any atom is -0.389 e. The van der Waals surface area contributed by atoms with Crippen LogP contribution >= 0.6 is 0 Å². The first-order valence-corrected chi connectivity index (χ1v) is 13.4. The molecule has 9 nitrogen and oxygen atoms in total. The van der Waals surface area contributed by atoms with Gasteiger partial charge in [-0.1, -0.05) is 6.07 Å². The molecular formula is C28H36FN5O4. The molecule has 0 spiro atoms. The molecule has 2 saturated heterocycles. The zero-order valence-electron chi connectivity index (χ0n) is 22.2. The highest BCUT2D eigenvalue weighted by molar-refractivity contribution is 5.85. The number of halogens is 1. The number of rotatable bonds is 7. The van der Waals surface area contributed by atoms with Crippen molar-refractivity contribution in [3.05, 3.63) is 51.7 Å². The van der Waals surface area contributed by atoms with Crippen molar-refractivity contribution in [1.82, 2.24) is 19.9 Å². The van der Waals surface area contributed by atoms with Crippen molar-refractivity contribution in [2.24, 2.45) is 0 Å². The summed E-state index contributed by atoms with van der Waals surface area (Å²) in [4.78, 5) is 21.9. The molecule has 2 fully saturated rings. The summed E-state index contributed by atoms with van der Waals surface area (Å²) in [5.41, 5.74) is 3.01. The van der Waals surface area contributed by atoms with E-state index >= 15 is 4.39 Å². The number of hydrogen-bond acceptors (Lipinski definition) is 8. The van der Waals surface area contributed by atoms with Crippen LogP contribution in [0.5, 0.6) is 0 Å². The molecular weight excluding hydrogens is 489 g/mol. The van der Waals surface area contributed by atoms with E-state index in [-0.39, 0.29) is 41.8 Å². The number of ether oxygens (including phenoxy) is 2. The summed E-state index contributed by atoms with van der Waals surface area (Å²) in [6, 6.07) is 5.34. The van der Waals surface area contributed by atoms with E-state index < -0.39 is 11.9 Å². The third kappa shape index (κ3) is 5.44. The highest BCUT2D eigenvalue weighted by atomic mass is 19.1. The second-order valence-corrected chi connectivity index (χ2v) is 10.5. The van der Waals surface area contributed by atoms with Crippen LogP contribution in [0.1, 0.15) is 50.4 Å². The van der Waals surface area contributed by atoms with Gasteiger partial charge in [-0.15, -0.1) is 0 Å². The van der Waals surface area contributed by atoms with E-state index in [4.69, 9.17) is 9.47 Å². The minimum atomic E-state index is -0.697. The van der Waals surface area contributed by atoms with Crippen molar-refractivity contribution in [2.75, 3.05) is 31.7 Å². The Morgan fingerprint density at radius 1 is 1.21 bits per heavy atom. The van der Waals surface area contributed by atoms with Crippen LogP contribution in [-0.4, -0.2) is 64.3 Å². The van der Waals surface area contributed by atoms with Gasteiger partial charge in [0, 0.05) is 54.0 Å². The van der Waals surface area contributed by atoms with Gasteiger partial charge >= 0.3 is 0 Å². The van der Waals surface area contributed by atoms with Gasteiger partial charge in [0.15, 0.2) is 11.2 Å². The summed E-state index contributed by atoms with van der Waals surface area (Å²) >= 11 is 0. The predicted molar refractivity (Wildman–Crippen MR) is 144 cm³/mol. The molecule has 0 radical (unpaired) electrons. The van der Waals surface area contributed by atoms with Crippen LogP contribution in [0.2, 0.25) is 0 Å². The number of hydrogen-bond donors (Lipinski definition) is 3. The number of aromatic nitrogens is 3. The quantitative estimate of drug-likeness (QED) is 0.431. The van der Waals surface area contributed by atoms with E-state index in [1.165, 1.54) is 0 Å². The molecule has 1 aromatic carbocycles. The van der Waals surface area contributed by atoms with Crippen molar-refractivity contribution >= 4 is 16.9 Å². The van der Waals surface area contributed by atoms with Gasteiger partial charge in [0.25, 0.3) is 0 Å². The van der Waals surface area contributed by atoms with Gasteiger partial charge in [0.2, 0.25) is 5.95 Å². The molecule has 0 saturated carbocycles. The average Bonchev–Trinajstić information content (AvgIpc) is 2.92. The van der Waals surface area contributed by atoms with Crippen molar-refractivity contribution < 1.29 is 19.0 Å². The van der Waals surface area contributed by atoms with Gasteiger partial charge in [-0.2, -0.15) is 0 Å². The fourth-order valence-corrected chi connectivity index (χ4v) is 5.38. The Morgan fingerprint density at radius 3 is 2.76 bits per heavy atom. The smallest absolute Gasteiger partial charge is 0.223 e. The molecule has 3 atom stereocenters. The molecule has 3 aromatic rings. The summed E-state index contributed by atoms with van der Waals surface area (Å²) in [7, 11) is 0. The number of benzene rings is 1. The maximum atomic E-state index is 15.0. The topological polar surface area (TPSA) is 111 Å². The monoisotopic (exact) mass is 525 g/mol. The Kier molecular flexibility index (Phi) is 8.04. The first-order chi connectivity index (χ1) is 18.3. The third-order valence-corrected chi connectivity index (χ3v) is 7.46. The lowest BCUT2D eigenvalue weighted by Crippen LogP contribution is -2.42. The van der Waals surface area contributed by atoms with Gasteiger partial charge in [0.1, 0.15) is 5.69 Å². The zero-order chi connectivity index (χ0) is 26.8. The standard InChI is InChI=1S/C28H36FN5O4/c1-16(2)34-23-11-18(26-21(29)12-31-28(33-26)32-22-8-10-38-15-25(22)35)6-7-20(23)27(36)17(3)24(34)13-30-19-5-4-9-37-14-19/h6-7,11-12,16,19,22,25,30,35H,4-5,8-10,13-15H2,1-3H3,(H,31,32,33)/t19-,22+,25+/m0/s1. The Labute approximate surface area is 221 Å². The van der Waals surface area contributed by atoms with Crippen LogP contribution in [0, 0.1) is 12.7 Å². The number of aliphatic hydroxyl groups excluding tert-OH is 1. The molecule has 0 amide bonds. The van der Waals surface area contributed by atoms with E-state index in [0.29, 0.717) is 42.7 Å². The fourth-order valence-electron chi connectivity index (χ4n) is 5.38. The highest BCUT2D eigenvalue weighted by Gasteiger charge is 2.25. The second-order valence-electron chi connectivity index (χ2n) is 10.5. The summed E-state index contributed by atoms with van der Waals surface area (Å²) in [5, 5.41) is 17.5. The first kappa shape index (κ1) is 26.7. The van der Waals surface area contributed by atoms with Crippen LogP contribution in [0.3, 0.4) is 0 Å². The maximum absolute atomic E-state index is 15.0. The lowest BCUT2D eigenvalue weighted by molar-refractivity contribution is -0.0136. The van der Waals surface area contributed by atoms with E-state index in [1.807, 2.05) is 13.0 Å². The molecule has 0 bridgehead atoms. The van der Waals surface area contributed by atoms with Gasteiger partial charge in [-0.3, -0.25) is 4.79 Å². The Balaban J connectivity index is 1.53. The number of fused-ring (bicyclic) bond motifs is 1. The molecule has 2 aromatic heterocycles. The number of pyridine rings is 1. The van der Waals surface area contributed by atoms with E-state index in [2.05, 4.69) is 39.0 Å². The molecule has 10 heteroatoms. The average molecular weight is 526 g/mol. The second kappa shape index (κ2) is 11.4. The number of nitrogens with zero attached hydrogens (tertiary/aromatic N) is 3. The lowest BCUT2D eigenvalue weighted by Gasteiger charge is -2.28. The molecule has 4 heterocycles. The number of aliphatic hydroxyl groups is 1. The Hall–Kier alpha value is -2.92. The van der Waals surface area contributed by atoms with Gasteiger partial charge in [-0.05, 0) is 52.2 Å². The van der Waals surface area contributed by atoms with Crippen LogP contribution in [-0.2, 0) is 16.0 Å². The van der Waals surface area contributed by atoms with Gasteiger partial charge in [0.05, 0.1) is 37.1 Å². The normalized spacial score (nSPS) is 22.2. The number of anilines is 1. The van der Waals surface area contributed by atoms with E-state index in [1.54, 1.807) is 12.1 Å². The van der Waals surface area contributed by atoms with E-state index in [9.17, 15) is 9.90 Å². The first-order valence-electron chi connectivity index (χ1n) is 13.4. The fraction of sp³-hybridized carbons (Fsp3) is 0.536. The van der Waals surface area contributed by atoms with Crippen LogP contribution in [0.4, 0.5) is 10.3 Å². The minimum absolute atomic E-state index is 0.0286. The van der Waals surface area contributed by atoms with Crippen molar-refractivity contribution in [2.45, 2.75) is 70.8 Å². The summed E-state index contributed by atoms with van der Waals surface area (Å²) in [5.74, 6) is -0.329. The molecule has 204 valence electrons.